The first-order valence-electron chi connectivity index (χ1n) is 2.47. The van der Waals surface area contributed by atoms with Crippen molar-refractivity contribution >= 4 is 8.76 Å². The second-order valence-corrected chi connectivity index (χ2v) is 4.66. The zero-order valence-corrected chi connectivity index (χ0v) is 10.1. The van der Waals surface area contributed by atoms with E-state index in [0.717, 1.165) is 5.69 Å². The summed E-state index contributed by atoms with van der Waals surface area (Å²) in [7, 11) is 0. The van der Waals surface area contributed by atoms with Crippen LogP contribution in [0, 0.1) is 0 Å². The molecule has 0 bridgehead atoms. The summed E-state index contributed by atoms with van der Waals surface area (Å²) < 4.78 is 1.34. The van der Waals surface area contributed by atoms with E-state index in [4.69, 9.17) is 5.73 Å². The molecule has 0 unspecified atom stereocenters. The van der Waals surface area contributed by atoms with Crippen LogP contribution in [0.4, 0.5) is 5.69 Å². The van der Waals surface area contributed by atoms with Gasteiger partial charge in [0.25, 0.3) is 0 Å². The van der Waals surface area contributed by atoms with Crippen molar-refractivity contribution in [3.63, 3.8) is 0 Å². The Bertz CT molecular complexity index is 165. The van der Waals surface area contributed by atoms with Crippen molar-refractivity contribution in [1.82, 2.24) is 0 Å². The number of para-hydroxylation sites is 1. The first kappa shape index (κ1) is 6.08. The van der Waals surface area contributed by atoms with E-state index < -0.39 is 0 Å². The van der Waals surface area contributed by atoms with Crippen LogP contribution >= 0.6 is 0 Å². The van der Waals surface area contributed by atoms with E-state index in [1.165, 1.54) is 3.07 Å². The predicted octanol–water partition coefficient (Wildman–Crippen LogP) is 0.441. The van der Waals surface area contributed by atoms with E-state index in [0.29, 0.717) is 26.1 Å². The van der Waals surface area contributed by atoms with Crippen LogP contribution in [0.5, 0.6) is 0 Å². The van der Waals surface area contributed by atoms with Crippen molar-refractivity contribution in [3.05, 3.63) is 24.3 Å². The molecule has 8 heavy (non-hydrogen) atoms. The first-order valence-corrected chi connectivity index (χ1v) is 5.22. The normalized spacial score (nSPS) is 9.25. The van der Waals surface area contributed by atoms with Gasteiger partial charge in [0, 0.05) is 0 Å². The number of anilines is 1. The average molecular weight is 293 g/mol. The molecule has 1 aromatic carbocycles. The van der Waals surface area contributed by atoms with Gasteiger partial charge in [-0.25, -0.2) is 0 Å². The van der Waals surface area contributed by atoms with Crippen LogP contribution in [0.25, 0.3) is 0 Å². The summed E-state index contributed by atoms with van der Waals surface area (Å²) in [5, 5.41) is 0. The van der Waals surface area contributed by atoms with E-state index in [9.17, 15) is 0 Å². The summed E-state index contributed by atoms with van der Waals surface area (Å²) in [6.07, 6.45) is 0. The van der Waals surface area contributed by atoms with Crippen LogP contribution in [0.3, 0.4) is 0 Å². The van der Waals surface area contributed by atoms with Gasteiger partial charge in [0.1, 0.15) is 0 Å². The van der Waals surface area contributed by atoms with Gasteiger partial charge in [-0.2, -0.15) is 0 Å². The second-order valence-electron chi connectivity index (χ2n) is 1.70. The summed E-state index contributed by atoms with van der Waals surface area (Å²) in [6.45, 7) is 0. The molecular formula is C6H6HgN+. The van der Waals surface area contributed by atoms with Gasteiger partial charge in [0.05, 0.1) is 0 Å². The van der Waals surface area contributed by atoms with E-state index in [1.54, 1.807) is 0 Å². The molecule has 0 amide bonds. The van der Waals surface area contributed by atoms with Gasteiger partial charge >= 0.3 is 64.9 Å². The first-order chi connectivity index (χ1) is 3.80. The molecule has 0 saturated carbocycles. The number of nitrogen functional groups attached to an aromatic ring is 1. The number of nitrogens with two attached hydrogens (primary N) is 1. The zero-order valence-electron chi connectivity index (χ0n) is 4.59. The molecule has 1 nitrogen and oxygen atoms in total. The molecule has 1 rings (SSSR count). The summed E-state index contributed by atoms with van der Waals surface area (Å²) in [4.78, 5) is 0. The number of benzene rings is 1. The minimum absolute atomic E-state index is 0.673. The third-order valence-corrected chi connectivity index (χ3v) is 3.56. The van der Waals surface area contributed by atoms with Gasteiger partial charge in [0.2, 0.25) is 0 Å². The van der Waals surface area contributed by atoms with Crippen LogP contribution in [-0.4, -0.2) is 0 Å². The quantitative estimate of drug-likeness (QED) is 0.545. The molecule has 2 heteroatoms. The van der Waals surface area contributed by atoms with Crippen molar-refractivity contribution in [1.29, 1.82) is 0 Å². The van der Waals surface area contributed by atoms with Gasteiger partial charge in [-0.05, 0) is 0 Å². The van der Waals surface area contributed by atoms with Gasteiger partial charge in [-0.3, -0.25) is 0 Å². The molecular weight excluding hydrogens is 287 g/mol. The van der Waals surface area contributed by atoms with E-state index in [1.807, 2.05) is 18.2 Å². The maximum atomic E-state index is 5.57. The van der Waals surface area contributed by atoms with Crippen molar-refractivity contribution in [2.24, 2.45) is 0 Å². The van der Waals surface area contributed by atoms with Gasteiger partial charge in [0.15, 0.2) is 0 Å². The molecule has 0 fully saturated rings. The van der Waals surface area contributed by atoms with Crippen molar-refractivity contribution in [3.8, 4) is 0 Å². The molecule has 0 aliphatic heterocycles. The molecule has 0 saturated heterocycles. The summed E-state index contributed by atoms with van der Waals surface area (Å²) >= 11 is 0.673. The van der Waals surface area contributed by atoms with Crippen LogP contribution in [0.1, 0.15) is 0 Å². The average Bonchev–Trinajstić information content (AvgIpc) is 1.77. The molecule has 0 aliphatic carbocycles. The van der Waals surface area contributed by atoms with E-state index in [2.05, 4.69) is 6.07 Å². The van der Waals surface area contributed by atoms with Crippen molar-refractivity contribution < 1.29 is 26.1 Å². The van der Waals surface area contributed by atoms with Crippen LogP contribution in [-0.2, 0) is 26.1 Å². The third-order valence-electron chi connectivity index (χ3n) is 1.06. The van der Waals surface area contributed by atoms with Gasteiger partial charge in [-0.1, -0.05) is 0 Å². The monoisotopic (exact) mass is 294 g/mol. The Morgan fingerprint density at radius 3 is 2.25 bits per heavy atom. The summed E-state index contributed by atoms with van der Waals surface area (Å²) in [5.41, 5.74) is 6.52. The second kappa shape index (κ2) is 2.49. The third kappa shape index (κ3) is 1.22. The summed E-state index contributed by atoms with van der Waals surface area (Å²) in [5.74, 6) is 0. The molecule has 0 heterocycles. The Morgan fingerprint density at radius 2 is 1.88 bits per heavy atom. The topological polar surface area (TPSA) is 26.0 Å². The fourth-order valence-electron chi connectivity index (χ4n) is 0.534. The van der Waals surface area contributed by atoms with Gasteiger partial charge < -0.3 is 0 Å². The van der Waals surface area contributed by atoms with E-state index >= 15 is 0 Å². The number of hydrogen-bond donors (Lipinski definition) is 1. The minimum atomic E-state index is 0.673. The zero-order chi connectivity index (χ0) is 5.98. The fourth-order valence-corrected chi connectivity index (χ4v) is 1.52. The molecule has 0 atom stereocenters. The van der Waals surface area contributed by atoms with Crippen LogP contribution in [0.15, 0.2) is 24.3 Å². The summed E-state index contributed by atoms with van der Waals surface area (Å²) in [6, 6.07) is 8.02. The Hall–Kier alpha value is -0.0449. The Morgan fingerprint density at radius 1 is 1.25 bits per heavy atom. The van der Waals surface area contributed by atoms with Crippen molar-refractivity contribution in [2.75, 3.05) is 5.73 Å². The fraction of sp³-hybridized carbons (Fsp3) is 0. The standard InChI is InChI=1S/C6H6N.Hg/c7-6-4-2-1-3-5-6;/h1-4H,7H2;/q;+1. The van der Waals surface area contributed by atoms with Crippen LogP contribution < -0.4 is 8.81 Å². The number of rotatable bonds is 0. The Balaban J connectivity index is 3.13. The van der Waals surface area contributed by atoms with Gasteiger partial charge in [-0.15, -0.1) is 0 Å². The molecule has 0 aromatic heterocycles. The predicted molar refractivity (Wildman–Crippen MR) is 30.5 cm³/mol. The molecule has 0 aliphatic rings. The van der Waals surface area contributed by atoms with Crippen LogP contribution in [0.2, 0.25) is 0 Å². The van der Waals surface area contributed by atoms with Crippen molar-refractivity contribution in [2.45, 2.75) is 0 Å². The molecule has 36 valence electrons. The Labute approximate surface area is 64.9 Å². The Kier molecular flexibility index (Phi) is 1.89. The molecule has 0 spiro atoms. The maximum absolute atomic E-state index is 5.57. The SMILES string of the molecule is Nc1cccc[c]1[Hg+]. The molecule has 0 radical (unpaired) electrons. The van der Waals surface area contributed by atoms with E-state index in [-0.39, 0.29) is 0 Å². The molecule has 1 aromatic rings. The number of hydrogen-bond acceptors (Lipinski definition) is 1. The molecule has 2 N–H and O–H groups in total.